The van der Waals surface area contributed by atoms with Gasteiger partial charge >= 0.3 is 128 Å². The number of rotatable bonds is 2. The second-order valence-electron chi connectivity index (χ2n) is 6.14. The van der Waals surface area contributed by atoms with Crippen molar-refractivity contribution in [3.63, 3.8) is 0 Å². The Balaban J connectivity index is 0.000000471. The van der Waals surface area contributed by atoms with E-state index >= 15 is 0 Å². The fourth-order valence-corrected chi connectivity index (χ4v) is 5.63. The van der Waals surface area contributed by atoms with Crippen LogP contribution < -0.4 is 0 Å². The summed E-state index contributed by atoms with van der Waals surface area (Å²) in [4.78, 5) is 0. The quantitative estimate of drug-likeness (QED) is 0.172. The van der Waals surface area contributed by atoms with E-state index in [1.807, 2.05) is 0 Å². The molecule has 0 radical (unpaired) electrons. The van der Waals surface area contributed by atoms with Crippen LogP contribution in [-0.2, 0) is 17.1 Å². The molecule has 4 aliphatic rings. The third kappa shape index (κ3) is 15.6. The van der Waals surface area contributed by atoms with E-state index in [9.17, 15) is 17.3 Å². The first kappa shape index (κ1) is 30.2. The van der Waals surface area contributed by atoms with E-state index in [2.05, 4.69) is 12.2 Å². The van der Waals surface area contributed by atoms with Gasteiger partial charge in [0.2, 0.25) is 0 Å². The van der Waals surface area contributed by atoms with Gasteiger partial charge in [0.05, 0.1) is 0 Å². The smallest absolute Gasteiger partial charge is 0.398 e. The zero-order chi connectivity index (χ0) is 24.1. The predicted octanol–water partition coefficient (Wildman–Crippen LogP) is -0.474. The van der Waals surface area contributed by atoms with E-state index in [4.69, 9.17) is 40.2 Å². The number of hydrogen-bond donors (Lipinski definition) is 8. The first-order chi connectivity index (χ1) is 14.3. The molecule has 175 valence electrons. The topological polar surface area (TPSA) is 162 Å². The fourth-order valence-electron chi connectivity index (χ4n) is 2.97. The number of hydrogen-bond acceptors (Lipinski definition) is 8. The maximum Gasteiger partial charge on any atom is 0.674 e. The second-order valence-corrected chi connectivity index (χ2v) is 8.31. The fraction of sp³-hybridized carbons (Fsp3) is 0.429. The molecule has 17 heteroatoms. The average Bonchev–Trinajstić information content (AvgIpc) is 3.34. The largest absolute Gasteiger partial charge is 0.674 e. The number of halogens is 4. The molecular weight excluding hydrogens is 518 g/mol. The van der Waals surface area contributed by atoms with E-state index in [0.29, 0.717) is 17.1 Å². The summed E-state index contributed by atoms with van der Waals surface area (Å²) in [5, 5.41) is 55.6. The molecule has 0 atom stereocenters. The van der Waals surface area contributed by atoms with Crippen molar-refractivity contribution in [2.45, 2.75) is 38.5 Å². The van der Waals surface area contributed by atoms with Crippen LogP contribution in [0.25, 0.3) is 0 Å². The molecule has 4 bridgehead atoms. The standard InChI is InChI=1S/2C7H7.4BFH2O2.Rh/c2*1-2-7-4-3-6(1)5-7;4*2-1(3)4;/h2*1H,3-5H2;4*3-4H;. The van der Waals surface area contributed by atoms with Crippen LogP contribution in [0.5, 0.6) is 0 Å². The van der Waals surface area contributed by atoms with E-state index in [1.165, 1.54) is 38.5 Å². The summed E-state index contributed by atoms with van der Waals surface area (Å²) < 4.78 is 43.9. The van der Waals surface area contributed by atoms with Gasteiger partial charge in [-0.05, 0) is 0 Å². The monoisotopic (exact) mass is 541 g/mol. The molecule has 0 saturated heterocycles. The Hall–Kier alpha value is -0.757. The van der Waals surface area contributed by atoms with Crippen LogP contribution in [0.4, 0.5) is 17.3 Å². The molecule has 0 aliphatic heterocycles. The van der Waals surface area contributed by atoms with Gasteiger partial charge in [0, 0.05) is 0 Å². The summed E-state index contributed by atoms with van der Waals surface area (Å²) in [5.41, 5.74) is 6.99. The van der Waals surface area contributed by atoms with E-state index in [0.717, 1.165) is 0 Å². The SMILES string of the molecule is C1=C2CCC(=[C]1[Rh][C]1=C3CCC(=C1)C3)C2.OB(O)F.OB(O)F.OB(O)F.OB(O)F. The van der Waals surface area contributed by atoms with Gasteiger partial charge in [0.15, 0.2) is 0 Å². The third-order valence-corrected chi connectivity index (χ3v) is 6.36. The van der Waals surface area contributed by atoms with Gasteiger partial charge in [-0.1, -0.05) is 0 Å². The molecule has 0 aromatic rings. The first-order valence-electron chi connectivity index (χ1n) is 8.75. The average molecular weight is 540 g/mol. The van der Waals surface area contributed by atoms with E-state index in [-0.39, 0.29) is 0 Å². The Bertz CT molecular complexity index is 610. The molecule has 2 saturated carbocycles. The minimum absolute atomic E-state index is 0.576. The van der Waals surface area contributed by atoms with Crippen molar-refractivity contribution in [3.8, 4) is 0 Å². The molecule has 0 aromatic carbocycles. The molecule has 2 fully saturated rings. The van der Waals surface area contributed by atoms with Crippen LogP contribution >= 0.6 is 0 Å². The molecule has 0 unspecified atom stereocenters. The first-order valence-corrected chi connectivity index (χ1v) is 10.4. The van der Waals surface area contributed by atoms with Crippen molar-refractivity contribution < 1.29 is 74.6 Å². The van der Waals surface area contributed by atoms with E-state index < -0.39 is 29.6 Å². The summed E-state index contributed by atoms with van der Waals surface area (Å²) in [7, 11) is -10.7. The number of allylic oxidation sites excluding steroid dienone is 8. The van der Waals surface area contributed by atoms with Crippen molar-refractivity contribution in [2.24, 2.45) is 0 Å². The number of fused-ring (bicyclic) bond motifs is 4. The Morgan fingerprint density at radius 1 is 0.548 bits per heavy atom. The molecule has 31 heavy (non-hydrogen) atoms. The molecule has 0 amide bonds. The van der Waals surface area contributed by atoms with Crippen molar-refractivity contribution in [3.05, 3.63) is 42.8 Å². The Kier molecular flexibility index (Phi) is 15.6. The zero-order valence-corrected chi connectivity index (χ0v) is 17.8. The van der Waals surface area contributed by atoms with Crippen LogP contribution in [0.1, 0.15) is 38.5 Å². The minimum atomic E-state index is -2.67. The van der Waals surface area contributed by atoms with Crippen LogP contribution in [0, 0.1) is 0 Å². The molecule has 0 spiro atoms. The van der Waals surface area contributed by atoms with Crippen LogP contribution in [-0.4, -0.2) is 69.8 Å². The molecule has 4 rings (SSSR count). The second kappa shape index (κ2) is 15.9. The van der Waals surface area contributed by atoms with Gasteiger partial charge in [-0.25, -0.2) is 0 Å². The van der Waals surface area contributed by atoms with E-state index in [1.54, 1.807) is 30.6 Å². The van der Waals surface area contributed by atoms with Gasteiger partial charge in [-0.2, -0.15) is 0 Å². The Morgan fingerprint density at radius 2 is 0.806 bits per heavy atom. The molecule has 4 aliphatic carbocycles. The summed E-state index contributed by atoms with van der Waals surface area (Å²) in [6, 6.07) is 0. The van der Waals surface area contributed by atoms with Crippen molar-refractivity contribution in [1.82, 2.24) is 0 Å². The van der Waals surface area contributed by atoms with Crippen molar-refractivity contribution in [1.29, 1.82) is 0 Å². The zero-order valence-electron chi connectivity index (χ0n) is 16.1. The van der Waals surface area contributed by atoms with Crippen LogP contribution in [0.15, 0.2) is 42.8 Å². The Labute approximate surface area is 185 Å². The third-order valence-electron chi connectivity index (χ3n) is 3.85. The van der Waals surface area contributed by atoms with Gasteiger partial charge < -0.3 is 40.2 Å². The van der Waals surface area contributed by atoms with Gasteiger partial charge in [0.1, 0.15) is 0 Å². The normalized spacial score (nSPS) is 16.6. The summed E-state index contributed by atoms with van der Waals surface area (Å²) in [6.07, 6.45) is 13.2. The van der Waals surface area contributed by atoms with Crippen molar-refractivity contribution >= 4 is 29.6 Å². The molecule has 8 nitrogen and oxygen atoms in total. The summed E-state index contributed by atoms with van der Waals surface area (Å²) in [5.74, 6) is 0. The summed E-state index contributed by atoms with van der Waals surface area (Å²) >= 11 is 0.576. The van der Waals surface area contributed by atoms with Crippen LogP contribution in [0.3, 0.4) is 0 Å². The van der Waals surface area contributed by atoms with Crippen molar-refractivity contribution in [2.75, 3.05) is 0 Å². The molecular formula is C14H22B4F4O8Rh. The molecule has 0 aromatic heterocycles. The molecule has 0 heterocycles. The predicted molar refractivity (Wildman–Crippen MR) is 103 cm³/mol. The Morgan fingerprint density at radius 3 is 0.968 bits per heavy atom. The molecule has 8 N–H and O–H groups in total. The maximum atomic E-state index is 10.1. The summed E-state index contributed by atoms with van der Waals surface area (Å²) in [6.45, 7) is 0. The van der Waals surface area contributed by atoms with Crippen LogP contribution in [0.2, 0.25) is 0 Å². The van der Waals surface area contributed by atoms with Gasteiger partial charge in [-0.15, -0.1) is 0 Å². The minimum Gasteiger partial charge on any atom is -0.398 e. The van der Waals surface area contributed by atoms with Gasteiger partial charge in [-0.3, -0.25) is 17.3 Å². The van der Waals surface area contributed by atoms with Gasteiger partial charge in [0.25, 0.3) is 0 Å². The maximum absolute atomic E-state index is 10.1.